The fourth-order valence-electron chi connectivity index (χ4n) is 5.05. The van der Waals surface area contributed by atoms with E-state index < -0.39 is 0 Å². The first kappa shape index (κ1) is 25.6. The summed E-state index contributed by atoms with van der Waals surface area (Å²) in [6.07, 6.45) is 2.48. The fraction of sp³-hybridized carbons (Fsp3) is 0.467. The molecule has 3 aromatic rings. The van der Waals surface area contributed by atoms with Gasteiger partial charge in [-0.3, -0.25) is 0 Å². The van der Waals surface area contributed by atoms with Crippen LogP contribution in [0, 0.1) is 0 Å². The van der Waals surface area contributed by atoms with Gasteiger partial charge in [-0.05, 0) is 115 Å². The summed E-state index contributed by atoms with van der Waals surface area (Å²) in [4.78, 5) is 7.86. The van der Waals surface area contributed by atoms with Crippen LogP contribution in [-0.4, -0.2) is 60.6 Å². The van der Waals surface area contributed by atoms with Gasteiger partial charge in [0.15, 0.2) is 0 Å². The van der Waals surface area contributed by atoms with Crippen molar-refractivity contribution in [2.24, 2.45) is 0 Å². The summed E-state index contributed by atoms with van der Waals surface area (Å²) in [5.41, 5.74) is 5.64. The van der Waals surface area contributed by atoms with Crippen molar-refractivity contribution < 1.29 is 0 Å². The molecule has 0 amide bonds. The Balaban J connectivity index is 1.47. The SMILES string of the molecule is CCN(CC)CCCSc1ccc2c(c1)-c1ccc(SCCCN(CC)CC)c3cccc-2c13. The Kier molecular flexibility index (Phi) is 9.41. The molecule has 0 fully saturated rings. The monoisotopic (exact) mass is 492 g/mol. The van der Waals surface area contributed by atoms with E-state index in [2.05, 4.69) is 86.0 Å². The van der Waals surface area contributed by atoms with Gasteiger partial charge in [0.1, 0.15) is 0 Å². The van der Waals surface area contributed by atoms with Crippen molar-refractivity contribution in [2.75, 3.05) is 50.8 Å². The molecule has 182 valence electrons. The molecule has 1 aliphatic rings. The van der Waals surface area contributed by atoms with E-state index in [-0.39, 0.29) is 0 Å². The van der Waals surface area contributed by atoms with Crippen LogP contribution in [-0.2, 0) is 0 Å². The molecule has 1 aliphatic carbocycles. The van der Waals surface area contributed by atoms with Gasteiger partial charge in [-0.1, -0.05) is 58.0 Å². The van der Waals surface area contributed by atoms with Crippen molar-refractivity contribution in [2.45, 2.75) is 50.3 Å². The van der Waals surface area contributed by atoms with Crippen molar-refractivity contribution in [3.63, 3.8) is 0 Å². The average Bonchev–Trinajstić information content (AvgIpc) is 3.20. The van der Waals surface area contributed by atoms with E-state index in [1.54, 1.807) is 0 Å². The molecule has 0 heterocycles. The zero-order chi connectivity index (χ0) is 23.9. The van der Waals surface area contributed by atoms with E-state index in [0.717, 1.165) is 26.2 Å². The van der Waals surface area contributed by atoms with Crippen LogP contribution in [0.25, 0.3) is 33.0 Å². The van der Waals surface area contributed by atoms with Gasteiger partial charge in [0.05, 0.1) is 0 Å². The zero-order valence-corrected chi connectivity index (χ0v) is 23.0. The van der Waals surface area contributed by atoms with E-state index >= 15 is 0 Å². The quantitative estimate of drug-likeness (QED) is 0.129. The summed E-state index contributed by atoms with van der Waals surface area (Å²) in [5, 5.41) is 2.88. The molecule has 0 saturated carbocycles. The maximum Gasteiger partial charge on any atom is 0.0151 e. The number of hydrogen-bond acceptors (Lipinski definition) is 4. The van der Waals surface area contributed by atoms with Crippen LogP contribution >= 0.6 is 23.5 Å². The highest BCUT2D eigenvalue weighted by atomic mass is 32.2. The van der Waals surface area contributed by atoms with E-state index in [4.69, 9.17) is 0 Å². The summed E-state index contributed by atoms with van der Waals surface area (Å²) in [6.45, 7) is 16.0. The predicted molar refractivity (Wildman–Crippen MR) is 155 cm³/mol. The van der Waals surface area contributed by atoms with Crippen molar-refractivity contribution in [3.05, 3.63) is 48.5 Å². The number of benzene rings is 3. The predicted octanol–water partition coefficient (Wildman–Crippen LogP) is 8.14. The lowest BCUT2D eigenvalue weighted by Crippen LogP contribution is -2.24. The molecule has 0 bridgehead atoms. The van der Waals surface area contributed by atoms with Crippen LogP contribution in [0.1, 0.15) is 40.5 Å². The van der Waals surface area contributed by atoms with Crippen LogP contribution in [0.2, 0.25) is 0 Å². The third kappa shape index (κ3) is 5.67. The maximum atomic E-state index is 2.52. The first-order valence-corrected chi connectivity index (χ1v) is 15.1. The Morgan fingerprint density at radius 3 is 1.91 bits per heavy atom. The van der Waals surface area contributed by atoms with E-state index in [9.17, 15) is 0 Å². The second kappa shape index (κ2) is 12.5. The lowest BCUT2D eigenvalue weighted by molar-refractivity contribution is 0.305. The zero-order valence-electron chi connectivity index (χ0n) is 21.4. The largest absolute Gasteiger partial charge is 0.304 e. The van der Waals surface area contributed by atoms with Gasteiger partial charge < -0.3 is 9.80 Å². The van der Waals surface area contributed by atoms with Gasteiger partial charge in [0.25, 0.3) is 0 Å². The maximum absolute atomic E-state index is 2.52. The fourth-order valence-corrected chi connectivity index (χ4v) is 6.91. The van der Waals surface area contributed by atoms with Crippen molar-refractivity contribution >= 4 is 34.3 Å². The van der Waals surface area contributed by atoms with Gasteiger partial charge in [-0.25, -0.2) is 0 Å². The van der Waals surface area contributed by atoms with E-state index in [1.165, 1.54) is 80.3 Å². The molecule has 3 aromatic carbocycles. The highest BCUT2D eigenvalue weighted by molar-refractivity contribution is 7.99. The molecule has 4 heteroatoms. The van der Waals surface area contributed by atoms with Crippen molar-refractivity contribution in [1.29, 1.82) is 0 Å². The minimum atomic E-state index is 1.15. The highest BCUT2D eigenvalue weighted by Gasteiger charge is 2.22. The van der Waals surface area contributed by atoms with Crippen LogP contribution in [0.4, 0.5) is 0 Å². The molecule has 0 N–H and O–H groups in total. The van der Waals surface area contributed by atoms with Gasteiger partial charge in [-0.15, -0.1) is 23.5 Å². The third-order valence-corrected chi connectivity index (χ3v) is 9.36. The van der Waals surface area contributed by atoms with Crippen LogP contribution in [0.5, 0.6) is 0 Å². The van der Waals surface area contributed by atoms with Gasteiger partial charge in [0, 0.05) is 9.79 Å². The Morgan fingerprint density at radius 1 is 0.618 bits per heavy atom. The summed E-state index contributed by atoms with van der Waals surface area (Å²) in [5.74, 6) is 2.36. The number of rotatable bonds is 14. The van der Waals surface area contributed by atoms with Crippen molar-refractivity contribution in [1.82, 2.24) is 9.80 Å². The number of fused-ring (bicyclic) bond motifs is 3. The van der Waals surface area contributed by atoms with Crippen molar-refractivity contribution in [3.8, 4) is 22.3 Å². The molecule has 0 unspecified atom stereocenters. The third-order valence-electron chi connectivity index (χ3n) is 7.12. The molecular formula is C30H40N2S2. The molecule has 0 aliphatic heterocycles. The summed E-state index contributed by atoms with van der Waals surface area (Å²) < 4.78 is 0. The second-order valence-electron chi connectivity index (χ2n) is 9.00. The molecule has 0 saturated heterocycles. The smallest absolute Gasteiger partial charge is 0.0151 e. The lowest BCUT2D eigenvalue weighted by atomic mass is 10.0. The minimum Gasteiger partial charge on any atom is -0.304 e. The molecule has 2 nitrogen and oxygen atoms in total. The Labute approximate surface area is 215 Å². The standard InChI is InChI=1S/C30H40N2S2/c1-5-31(6-2)18-10-20-33-23-14-15-24-25-12-9-13-27-29(34-21-11-19-32(7-3)8-4)17-16-26(30(25)27)28(24)22-23/h9,12-17,22H,5-8,10-11,18-21H2,1-4H3. The average molecular weight is 493 g/mol. The lowest BCUT2D eigenvalue weighted by Gasteiger charge is -2.17. The van der Waals surface area contributed by atoms with Gasteiger partial charge >= 0.3 is 0 Å². The van der Waals surface area contributed by atoms with Crippen LogP contribution in [0.15, 0.2) is 58.3 Å². The summed E-state index contributed by atoms with van der Waals surface area (Å²) >= 11 is 4.03. The molecule has 0 spiro atoms. The summed E-state index contributed by atoms with van der Waals surface area (Å²) in [6, 6.07) is 18.7. The summed E-state index contributed by atoms with van der Waals surface area (Å²) in [7, 11) is 0. The topological polar surface area (TPSA) is 6.48 Å². The Hall–Kier alpha value is -1.46. The van der Waals surface area contributed by atoms with Crippen LogP contribution < -0.4 is 0 Å². The minimum absolute atomic E-state index is 1.15. The first-order chi connectivity index (χ1) is 16.7. The number of hydrogen-bond donors (Lipinski definition) is 0. The molecule has 0 aromatic heterocycles. The molecule has 4 rings (SSSR count). The normalized spacial score (nSPS) is 12.3. The van der Waals surface area contributed by atoms with Gasteiger partial charge in [-0.2, -0.15) is 0 Å². The highest BCUT2D eigenvalue weighted by Crippen LogP contribution is 2.50. The first-order valence-electron chi connectivity index (χ1n) is 13.1. The molecule has 34 heavy (non-hydrogen) atoms. The molecule has 0 radical (unpaired) electrons. The molecule has 0 atom stereocenters. The van der Waals surface area contributed by atoms with E-state index in [0.29, 0.717) is 0 Å². The van der Waals surface area contributed by atoms with E-state index in [1.807, 2.05) is 23.5 Å². The second-order valence-corrected chi connectivity index (χ2v) is 11.3. The molecular weight excluding hydrogens is 452 g/mol. The van der Waals surface area contributed by atoms with Crippen LogP contribution in [0.3, 0.4) is 0 Å². The van der Waals surface area contributed by atoms with Gasteiger partial charge in [0.2, 0.25) is 0 Å². The number of thioether (sulfide) groups is 2. The Morgan fingerprint density at radius 2 is 1.24 bits per heavy atom. The Bertz CT molecular complexity index is 1090. The number of nitrogens with zero attached hydrogens (tertiary/aromatic N) is 2.